The van der Waals surface area contributed by atoms with Crippen LogP contribution in [-0.4, -0.2) is 42.0 Å². The molecule has 1 N–H and O–H groups in total. The summed E-state index contributed by atoms with van der Waals surface area (Å²) in [5, 5.41) is 0. The van der Waals surface area contributed by atoms with Gasteiger partial charge >= 0.3 is 39.4 Å². The Balaban J connectivity index is -0.0000000817. The molecule has 0 saturated carbocycles. The van der Waals surface area contributed by atoms with Crippen LogP contribution in [0.5, 0.6) is 0 Å². The predicted molar refractivity (Wildman–Crippen MR) is 31.3 cm³/mol. The van der Waals surface area contributed by atoms with Gasteiger partial charge in [0.05, 0.1) is 0 Å². The standard InChI is InChI=1S/C2H4O5S.Mg.2H/c1-2(3)7-8(4,5)6;;;/h1H3,(H,4,5,6);;;/q;+2;2*-1. The first kappa shape index (κ1) is 11.9. The summed E-state index contributed by atoms with van der Waals surface area (Å²) in [5.74, 6) is -1.06. The van der Waals surface area contributed by atoms with E-state index in [1.165, 1.54) is 0 Å². The minimum Gasteiger partial charge on any atom is -1.00 e. The molecule has 0 unspecified atom stereocenters. The second-order valence-corrected chi connectivity index (χ2v) is 2.02. The molecule has 0 saturated heterocycles. The Labute approximate surface area is 71.5 Å². The van der Waals surface area contributed by atoms with Crippen LogP contribution in [0.15, 0.2) is 0 Å². The van der Waals surface area contributed by atoms with Crippen molar-refractivity contribution in [2.75, 3.05) is 0 Å². The number of rotatable bonds is 1. The molecule has 5 nitrogen and oxygen atoms in total. The van der Waals surface area contributed by atoms with Crippen molar-refractivity contribution in [1.82, 2.24) is 0 Å². The summed E-state index contributed by atoms with van der Waals surface area (Å²) < 4.78 is 30.2. The smallest absolute Gasteiger partial charge is 1.00 e. The van der Waals surface area contributed by atoms with Crippen molar-refractivity contribution in [3.63, 3.8) is 0 Å². The first-order chi connectivity index (χ1) is 3.42. The molecule has 0 aromatic rings. The monoisotopic (exact) mass is 166 g/mol. The zero-order valence-corrected chi connectivity index (χ0v) is 6.93. The second-order valence-electron chi connectivity index (χ2n) is 1.00. The molecule has 0 heterocycles. The topological polar surface area (TPSA) is 80.7 Å². The van der Waals surface area contributed by atoms with E-state index in [2.05, 4.69) is 4.18 Å². The van der Waals surface area contributed by atoms with E-state index in [0.29, 0.717) is 0 Å². The summed E-state index contributed by atoms with van der Waals surface area (Å²) in [7, 11) is -4.57. The quantitative estimate of drug-likeness (QED) is 0.407. The van der Waals surface area contributed by atoms with Gasteiger partial charge in [0.1, 0.15) is 0 Å². The Bertz CT molecular complexity index is 189. The van der Waals surface area contributed by atoms with Crippen LogP contribution in [-0.2, 0) is 19.4 Å². The zero-order chi connectivity index (χ0) is 6.78. The number of carbonyl (C=O) groups is 1. The Morgan fingerprint density at radius 3 is 2.00 bits per heavy atom. The van der Waals surface area contributed by atoms with Crippen LogP contribution in [0.2, 0.25) is 0 Å². The first-order valence-corrected chi connectivity index (χ1v) is 2.96. The maximum Gasteiger partial charge on any atom is 2.00 e. The van der Waals surface area contributed by atoms with Crippen molar-refractivity contribution in [3.8, 4) is 0 Å². The summed E-state index contributed by atoms with van der Waals surface area (Å²) in [4.78, 5) is 9.70. The van der Waals surface area contributed by atoms with E-state index in [1.807, 2.05) is 0 Å². The molecular formula is C2H6MgO5S. The fourth-order valence-corrected chi connectivity index (χ4v) is 0.445. The number of hydrogen-bond acceptors (Lipinski definition) is 4. The van der Waals surface area contributed by atoms with Crippen molar-refractivity contribution in [2.45, 2.75) is 6.92 Å². The maximum atomic E-state index is 9.70. The van der Waals surface area contributed by atoms with E-state index in [4.69, 9.17) is 4.55 Å². The van der Waals surface area contributed by atoms with Gasteiger partial charge in [-0.15, -0.1) is 0 Å². The van der Waals surface area contributed by atoms with E-state index < -0.39 is 16.4 Å². The van der Waals surface area contributed by atoms with Crippen LogP contribution in [0.1, 0.15) is 9.78 Å². The van der Waals surface area contributed by atoms with Crippen LogP contribution in [0, 0.1) is 0 Å². The summed E-state index contributed by atoms with van der Waals surface area (Å²) in [6.07, 6.45) is 0. The largest absolute Gasteiger partial charge is 2.00 e. The molecule has 0 rings (SSSR count). The van der Waals surface area contributed by atoms with E-state index >= 15 is 0 Å². The van der Waals surface area contributed by atoms with Gasteiger partial charge in [-0.1, -0.05) is 0 Å². The van der Waals surface area contributed by atoms with Gasteiger partial charge in [0, 0.05) is 6.92 Å². The average Bonchev–Trinajstić information content (AvgIpc) is 1.21. The van der Waals surface area contributed by atoms with Gasteiger partial charge in [0.2, 0.25) is 0 Å². The summed E-state index contributed by atoms with van der Waals surface area (Å²) in [6.45, 7) is 0.869. The minimum absolute atomic E-state index is 0. The van der Waals surface area contributed by atoms with Crippen LogP contribution in [0.4, 0.5) is 0 Å². The fraction of sp³-hybridized carbons (Fsp3) is 0.500. The SMILES string of the molecule is CC(=O)OS(=O)(=O)O.[H-].[H-].[Mg+2]. The van der Waals surface area contributed by atoms with Gasteiger partial charge in [0.25, 0.3) is 0 Å². The summed E-state index contributed by atoms with van der Waals surface area (Å²) in [5.41, 5.74) is 0. The van der Waals surface area contributed by atoms with Gasteiger partial charge in [0.15, 0.2) is 0 Å². The maximum absolute atomic E-state index is 9.70. The van der Waals surface area contributed by atoms with Crippen molar-refractivity contribution < 1.29 is 24.8 Å². The summed E-state index contributed by atoms with van der Waals surface area (Å²) in [6, 6.07) is 0. The Kier molecular flexibility index (Phi) is 5.34. The van der Waals surface area contributed by atoms with Gasteiger partial charge in [-0.3, -0.25) is 9.35 Å². The van der Waals surface area contributed by atoms with Crippen molar-refractivity contribution in [3.05, 3.63) is 0 Å². The molecule has 7 heteroatoms. The minimum atomic E-state index is -4.57. The Morgan fingerprint density at radius 2 is 2.00 bits per heavy atom. The van der Waals surface area contributed by atoms with Crippen LogP contribution in [0.3, 0.4) is 0 Å². The van der Waals surface area contributed by atoms with Crippen molar-refractivity contribution in [1.29, 1.82) is 0 Å². The van der Waals surface area contributed by atoms with E-state index in [-0.39, 0.29) is 25.9 Å². The molecule has 0 radical (unpaired) electrons. The molecular weight excluding hydrogens is 160 g/mol. The first-order valence-electron chi connectivity index (χ1n) is 1.59. The van der Waals surface area contributed by atoms with E-state index in [0.717, 1.165) is 6.92 Å². The number of hydrogen-bond donors (Lipinski definition) is 1. The zero-order valence-electron chi connectivity index (χ0n) is 6.70. The normalized spacial score (nSPS) is 9.56. The second kappa shape index (κ2) is 4.04. The molecule has 0 amide bonds. The molecule has 9 heavy (non-hydrogen) atoms. The molecule has 0 aromatic carbocycles. The third kappa shape index (κ3) is 11.6. The van der Waals surface area contributed by atoms with Gasteiger partial charge in [-0.05, 0) is 0 Å². The van der Waals surface area contributed by atoms with Gasteiger partial charge in [-0.2, -0.15) is 8.42 Å². The molecule has 0 aliphatic carbocycles. The number of carbonyl (C=O) groups excluding carboxylic acids is 1. The van der Waals surface area contributed by atoms with Gasteiger partial charge in [-0.25, -0.2) is 0 Å². The van der Waals surface area contributed by atoms with Crippen LogP contribution < -0.4 is 0 Å². The Morgan fingerprint density at radius 1 is 1.67 bits per heavy atom. The third-order valence-electron chi connectivity index (χ3n) is 0.223. The molecule has 0 aliphatic rings. The van der Waals surface area contributed by atoms with Crippen LogP contribution >= 0.6 is 0 Å². The molecule has 0 aromatic heterocycles. The molecule has 52 valence electrons. The van der Waals surface area contributed by atoms with Crippen molar-refractivity contribution in [2.24, 2.45) is 0 Å². The molecule has 0 aliphatic heterocycles. The van der Waals surface area contributed by atoms with Crippen LogP contribution in [0.25, 0.3) is 0 Å². The molecule has 0 atom stereocenters. The Hall–Kier alpha value is 0.146. The molecule has 0 bridgehead atoms. The molecule has 0 fully saturated rings. The van der Waals surface area contributed by atoms with E-state index in [1.54, 1.807) is 0 Å². The third-order valence-corrected chi connectivity index (χ3v) is 0.668. The summed E-state index contributed by atoms with van der Waals surface area (Å²) >= 11 is 0. The van der Waals surface area contributed by atoms with E-state index in [9.17, 15) is 13.2 Å². The fourth-order valence-electron chi connectivity index (χ4n) is 0.148. The van der Waals surface area contributed by atoms with Crippen molar-refractivity contribution >= 4 is 39.4 Å². The predicted octanol–water partition coefficient (Wildman–Crippen LogP) is -0.803. The molecule has 0 spiro atoms. The van der Waals surface area contributed by atoms with Gasteiger partial charge < -0.3 is 7.04 Å². The average molecular weight is 166 g/mol.